The van der Waals surface area contributed by atoms with Crippen molar-refractivity contribution in [3.05, 3.63) is 53.6 Å². The molecule has 1 fully saturated rings. The number of carbonyl (C=O) groups is 1. The number of rotatable bonds is 3. The molecule has 1 atom stereocenters. The lowest BCUT2D eigenvalue weighted by Gasteiger charge is -2.16. The van der Waals surface area contributed by atoms with Gasteiger partial charge in [-0.25, -0.2) is 4.98 Å². The Kier molecular flexibility index (Phi) is 4.01. The lowest BCUT2D eigenvalue weighted by atomic mass is 10.3. The van der Waals surface area contributed by atoms with Crippen LogP contribution in [0.4, 0.5) is 0 Å². The predicted molar refractivity (Wildman–Crippen MR) is 78.4 cm³/mol. The number of hydrogen-bond donors (Lipinski definition) is 0. The Morgan fingerprint density at radius 3 is 3.05 bits per heavy atom. The molecule has 1 aliphatic rings. The quantitative estimate of drug-likeness (QED) is 0.874. The third kappa shape index (κ3) is 3.31. The summed E-state index contributed by atoms with van der Waals surface area (Å²) in [4.78, 5) is 21.9. The first-order chi connectivity index (χ1) is 10.2. The van der Waals surface area contributed by atoms with E-state index in [1.54, 1.807) is 23.2 Å². The Balaban J connectivity index is 1.62. The first-order valence-electron chi connectivity index (χ1n) is 6.70. The summed E-state index contributed by atoms with van der Waals surface area (Å²) in [6.07, 6.45) is 5.31. The Morgan fingerprint density at radius 2 is 2.29 bits per heavy atom. The number of likely N-dealkylation sites (tertiary alicyclic amines) is 1. The second kappa shape index (κ2) is 6.10. The minimum absolute atomic E-state index is 0.0240. The molecule has 0 saturated carbocycles. The van der Waals surface area contributed by atoms with Crippen molar-refractivity contribution in [3.63, 3.8) is 0 Å². The monoisotopic (exact) mass is 303 g/mol. The molecule has 0 aliphatic carbocycles. The SMILES string of the molecule is O=C(c1cnccn1)N1CC[C@@H](Oc2cccc(Cl)c2)C1. The number of benzene rings is 1. The number of aromatic nitrogens is 2. The van der Waals surface area contributed by atoms with Crippen molar-refractivity contribution in [3.8, 4) is 5.75 Å². The number of amides is 1. The molecule has 0 spiro atoms. The van der Waals surface area contributed by atoms with Gasteiger partial charge in [-0.2, -0.15) is 0 Å². The van der Waals surface area contributed by atoms with Gasteiger partial charge in [0.1, 0.15) is 17.5 Å². The lowest BCUT2D eigenvalue weighted by molar-refractivity contribution is 0.0766. The van der Waals surface area contributed by atoms with E-state index in [1.807, 2.05) is 12.1 Å². The highest BCUT2D eigenvalue weighted by atomic mass is 35.5. The zero-order valence-corrected chi connectivity index (χ0v) is 12.0. The molecule has 5 nitrogen and oxygen atoms in total. The van der Waals surface area contributed by atoms with Gasteiger partial charge in [0.15, 0.2) is 0 Å². The Hall–Kier alpha value is -2.14. The van der Waals surface area contributed by atoms with Gasteiger partial charge in [0.25, 0.3) is 5.91 Å². The third-order valence-corrected chi connectivity index (χ3v) is 3.55. The molecule has 21 heavy (non-hydrogen) atoms. The van der Waals surface area contributed by atoms with E-state index in [4.69, 9.17) is 16.3 Å². The molecule has 0 N–H and O–H groups in total. The van der Waals surface area contributed by atoms with Crippen LogP contribution in [0.2, 0.25) is 5.02 Å². The fourth-order valence-electron chi connectivity index (χ4n) is 2.31. The van der Waals surface area contributed by atoms with Gasteiger partial charge < -0.3 is 9.64 Å². The predicted octanol–water partition coefficient (Wildman–Crippen LogP) is 2.42. The molecule has 6 heteroatoms. The summed E-state index contributed by atoms with van der Waals surface area (Å²) < 4.78 is 5.86. The molecule has 1 aromatic carbocycles. The molecule has 3 rings (SSSR count). The number of ether oxygens (including phenoxy) is 1. The molecule has 0 radical (unpaired) electrons. The van der Waals surface area contributed by atoms with Crippen molar-refractivity contribution in [2.45, 2.75) is 12.5 Å². The average Bonchev–Trinajstić information content (AvgIpc) is 2.96. The van der Waals surface area contributed by atoms with Gasteiger partial charge in [0, 0.05) is 30.4 Å². The zero-order chi connectivity index (χ0) is 14.7. The first kappa shape index (κ1) is 13.8. The average molecular weight is 304 g/mol. The van der Waals surface area contributed by atoms with E-state index in [9.17, 15) is 4.79 Å². The molecule has 1 amide bonds. The summed E-state index contributed by atoms with van der Waals surface area (Å²) in [6.45, 7) is 1.20. The van der Waals surface area contributed by atoms with E-state index in [2.05, 4.69) is 9.97 Å². The minimum Gasteiger partial charge on any atom is -0.488 e. The highest BCUT2D eigenvalue weighted by Crippen LogP contribution is 2.22. The fourth-order valence-corrected chi connectivity index (χ4v) is 2.49. The van der Waals surface area contributed by atoms with Crippen LogP contribution in [0.5, 0.6) is 5.75 Å². The van der Waals surface area contributed by atoms with E-state index >= 15 is 0 Å². The molecular weight excluding hydrogens is 290 g/mol. The van der Waals surface area contributed by atoms with Crippen LogP contribution in [0.15, 0.2) is 42.9 Å². The van der Waals surface area contributed by atoms with Gasteiger partial charge in [-0.05, 0) is 18.2 Å². The Morgan fingerprint density at radius 1 is 1.38 bits per heavy atom. The summed E-state index contributed by atoms with van der Waals surface area (Å²) in [6, 6.07) is 7.27. The summed E-state index contributed by atoms with van der Waals surface area (Å²) in [5.74, 6) is 0.613. The smallest absolute Gasteiger partial charge is 0.274 e. The van der Waals surface area contributed by atoms with Crippen molar-refractivity contribution < 1.29 is 9.53 Å². The molecule has 0 unspecified atom stereocenters. The summed E-state index contributed by atoms with van der Waals surface area (Å²) in [5.41, 5.74) is 0.362. The summed E-state index contributed by atoms with van der Waals surface area (Å²) in [5, 5.41) is 0.637. The molecule has 2 heterocycles. The molecule has 1 aliphatic heterocycles. The van der Waals surface area contributed by atoms with E-state index in [1.165, 1.54) is 12.4 Å². The van der Waals surface area contributed by atoms with Crippen LogP contribution in [-0.4, -0.2) is 40.0 Å². The van der Waals surface area contributed by atoms with Gasteiger partial charge in [-0.1, -0.05) is 17.7 Å². The second-order valence-electron chi connectivity index (χ2n) is 4.83. The number of hydrogen-bond acceptors (Lipinski definition) is 4. The van der Waals surface area contributed by atoms with Crippen LogP contribution in [0.1, 0.15) is 16.9 Å². The highest BCUT2D eigenvalue weighted by Gasteiger charge is 2.28. The van der Waals surface area contributed by atoms with Gasteiger partial charge in [0.2, 0.25) is 0 Å². The van der Waals surface area contributed by atoms with Crippen LogP contribution in [0.3, 0.4) is 0 Å². The van der Waals surface area contributed by atoms with E-state index in [0.717, 1.165) is 12.2 Å². The number of nitrogens with zero attached hydrogens (tertiary/aromatic N) is 3. The van der Waals surface area contributed by atoms with Gasteiger partial charge in [-0.15, -0.1) is 0 Å². The molecule has 2 aromatic rings. The molecular formula is C15H14ClN3O2. The third-order valence-electron chi connectivity index (χ3n) is 3.31. The van der Waals surface area contributed by atoms with E-state index in [-0.39, 0.29) is 12.0 Å². The molecule has 0 bridgehead atoms. The van der Waals surface area contributed by atoms with E-state index < -0.39 is 0 Å². The minimum atomic E-state index is -0.111. The van der Waals surface area contributed by atoms with Crippen molar-refractivity contribution in [1.29, 1.82) is 0 Å². The standard InChI is InChI=1S/C15H14ClN3O2/c16-11-2-1-3-12(8-11)21-13-4-7-19(10-13)15(20)14-9-17-5-6-18-14/h1-3,5-6,8-9,13H,4,7,10H2/t13-/m1/s1. The van der Waals surface area contributed by atoms with E-state index in [0.29, 0.717) is 23.8 Å². The lowest BCUT2D eigenvalue weighted by Crippen LogP contribution is -2.31. The van der Waals surface area contributed by atoms with Gasteiger partial charge in [-0.3, -0.25) is 9.78 Å². The van der Waals surface area contributed by atoms with Gasteiger partial charge >= 0.3 is 0 Å². The fraction of sp³-hybridized carbons (Fsp3) is 0.267. The van der Waals surface area contributed by atoms with Crippen LogP contribution >= 0.6 is 11.6 Å². The second-order valence-corrected chi connectivity index (χ2v) is 5.26. The summed E-state index contributed by atoms with van der Waals surface area (Å²) in [7, 11) is 0. The molecule has 108 valence electrons. The maximum atomic E-state index is 12.2. The number of carbonyl (C=O) groups excluding carboxylic acids is 1. The van der Waals surface area contributed by atoms with Crippen LogP contribution in [0, 0.1) is 0 Å². The maximum absolute atomic E-state index is 12.2. The molecule has 1 aromatic heterocycles. The van der Waals surface area contributed by atoms with Crippen molar-refractivity contribution in [2.75, 3.05) is 13.1 Å². The highest BCUT2D eigenvalue weighted by molar-refractivity contribution is 6.30. The zero-order valence-electron chi connectivity index (χ0n) is 11.3. The van der Waals surface area contributed by atoms with Crippen LogP contribution < -0.4 is 4.74 Å². The molecule has 1 saturated heterocycles. The largest absolute Gasteiger partial charge is 0.488 e. The summed E-state index contributed by atoms with van der Waals surface area (Å²) >= 11 is 5.93. The van der Waals surface area contributed by atoms with Crippen molar-refractivity contribution in [2.24, 2.45) is 0 Å². The maximum Gasteiger partial charge on any atom is 0.274 e. The Bertz CT molecular complexity index is 636. The van der Waals surface area contributed by atoms with Crippen LogP contribution in [0.25, 0.3) is 0 Å². The first-order valence-corrected chi connectivity index (χ1v) is 7.08. The van der Waals surface area contributed by atoms with Crippen molar-refractivity contribution >= 4 is 17.5 Å². The number of halogens is 1. The van der Waals surface area contributed by atoms with Crippen LogP contribution in [-0.2, 0) is 0 Å². The topological polar surface area (TPSA) is 55.3 Å². The Labute approximate surface area is 127 Å². The van der Waals surface area contributed by atoms with Crippen molar-refractivity contribution in [1.82, 2.24) is 14.9 Å². The van der Waals surface area contributed by atoms with Gasteiger partial charge in [0.05, 0.1) is 12.7 Å². The normalized spacial score (nSPS) is 17.8.